The summed E-state index contributed by atoms with van der Waals surface area (Å²) in [5.74, 6) is -0.159. The van der Waals surface area contributed by atoms with Gasteiger partial charge in [-0.3, -0.25) is 4.79 Å². The average molecular weight is 282 g/mol. The van der Waals surface area contributed by atoms with Crippen molar-refractivity contribution >= 4 is 22.0 Å². The third-order valence-corrected chi connectivity index (χ3v) is 3.87. The van der Waals surface area contributed by atoms with Crippen LogP contribution >= 0.6 is 0 Å². The lowest BCUT2D eigenvalue weighted by Gasteiger charge is -2.02. The molecule has 1 rings (SSSR count). The molecule has 0 aromatic heterocycles. The number of hydrogen-bond acceptors (Lipinski definition) is 3. The van der Waals surface area contributed by atoms with Gasteiger partial charge in [0.2, 0.25) is 15.9 Å². The monoisotopic (exact) mass is 282 g/mol. The van der Waals surface area contributed by atoms with Gasteiger partial charge >= 0.3 is 0 Å². The number of carbonyl (C=O) groups excluding carboxylic acids is 1. The van der Waals surface area contributed by atoms with Crippen LogP contribution in [0.4, 0.5) is 0 Å². The third-order valence-electron chi connectivity index (χ3n) is 2.44. The van der Waals surface area contributed by atoms with Gasteiger partial charge in [-0.2, -0.15) is 0 Å². The minimum absolute atomic E-state index is 0.159. The molecule has 0 atom stereocenters. The van der Waals surface area contributed by atoms with Crippen LogP contribution in [0.5, 0.6) is 0 Å². The molecule has 0 fully saturated rings. The van der Waals surface area contributed by atoms with Gasteiger partial charge in [0.25, 0.3) is 0 Å². The first-order valence-corrected chi connectivity index (χ1v) is 7.47. The summed E-state index contributed by atoms with van der Waals surface area (Å²) in [6.45, 7) is 2.62. The van der Waals surface area contributed by atoms with Crippen molar-refractivity contribution in [3.05, 3.63) is 35.9 Å². The Labute approximate surface area is 113 Å². The molecule has 0 aliphatic rings. The fourth-order valence-electron chi connectivity index (χ4n) is 1.35. The molecule has 2 N–H and O–H groups in total. The van der Waals surface area contributed by atoms with Crippen LogP contribution in [0.1, 0.15) is 18.9 Å². The maximum Gasteiger partial charge on any atom is 0.243 e. The summed E-state index contributed by atoms with van der Waals surface area (Å²) in [7, 11) is -2.05. The van der Waals surface area contributed by atoms with E-state index >= 15 is 0 Å². The molecule has 1 aromatic rings. The standard InChI is InChI=1S/C13H18N2O3S/c1-3-10-15-13(16)9-6-11-4-7-12(8-5-11)19(17,18)14-2/h4-9,14H,3,10H2,1-2H3,(H,15,16)/b9-6+. The van der Waals surface area contributed by atoms with Gasteiger partial charge in [0.15, 0.2) is 0 Å². The van der Waals surface area contributed by atoms with Crippen LogP contribution in [0.2, 0.25) is 0 Å². The maximum atomic E-state index is 11.5. The topological polar surface area (TPSA) is 75.3 Å². The summed E-state index contributed by atoms with van der Waals surface area (Å²) in [6.07, 6.45) is 3.95. The highest BCUT2D eigenvalue weighted by atomic mass is 32.2. The molecule has 0 saturated carbocycles. The SMILES string of the molecule is CCCNC(=O)/C=C/c1ccc(S(=O)(=O)NC)cc1. The Morgan fingerprint density at radius 2 is 1.89 bits per heavy atom. The number of sulfonamides is 1. The summed E-state index contributed by atoms with van der Waals surface area (Å²) < 4.78 is 25.2. The first-order valence-electron chi connectivity index (χ1n) is 5.99. The summed E-state index contributed by atoms with van der Waals surface area (Å²) in [6, 6.07) is 6.28. The van der Waals surface area contributed by atoms with Crippen molar-refractivity contribution in [1.82, 2.24) is 10.0 Å². The Kier molecular flexibility index (Phi) is 5.72. The lowest BCUT2D eigenvalue weighted by Crippen LogP contribution is -2.21. The number of carbonyl (C=O) groups is 1. The number of rotatable bonds is 6. The van der Waals surface area contributed by atoms with E-state index in [1.54, 1.807) is 18.2 Å². The van der Waals surface area contributed by atoms with Crippen LogP contribution in [0, 0.1) is 0 Å². The van der Waals surface area contributed by atoms with Crippen LogP contribution in [0.3, 0.4) is 0 Å². The molecule has 104 valence electrons. The molecule has 1 aromatic carbocycles. The molecule has 0 saturated heterocycles. The Morgan fingerprint density at radius 1 is 1.26 bits per heavy atom. The molecule has 5 nitrogen and oxygen atoms in total. The van der Waals surface area contributed by atoms with Gasteiger partial charge in [-0.25, -0.2) is 13.1 Å². The molecule has 0 aliphatic heterocycles. The molecule has 19 heavy (non-hydrogen) atoms. The first-order chi connectivity index (χ1) is 8.99. The second kappa shape index (κ2) is 7.06. The van der Waals surface area contributed by atoms with E-state index in [0.717, 1.165) is 12.0 Å². The molecule has 0 aliphatic carbocycles. The van der Waals surface area contributed by atoms with Crippen molar-refractivity contribution in [2.24, 2.45) is 0 Å². The van der Waals surface area contributed by atoms with Crippen LogP contribution < -0.4 is 10.0 Å². The summed E-state index contributed by atoms with van der Waals surface area (Å²) in [5.41, 5.74) is 0.765. The van der Waals surface area contributed by atoms with Gasteiger partial charge < -0.3 is 5.32 Å². The summed E-state index contributed by atoms with van der Waals surface area (Å²) in [4.78, 5) is 11.5. The number of amides is 1. The Balaban J connectivity index is 2.72. The van der Waals surface area contributed by atoms with Crippen molar-refractivity contribution in [1.29, 1.82) is 0 Å². The van der Waals surface area contributed by atoms with Crippen LogP contribution in [0.25, 0.3) is 6.08 Å². The second-order valence-electron chi connectivity index (χ2n) is 3.90. The number of benzene rings is 1. The maximum absolute atomic E-state index is 11.5. The summed E-state index contributed by atoms with van der Waals surface area (Å²) >= 11 is 0. The van der Waals surface area contributed by atoms with E-state index in [1.807, 2.05) is 6.92 Å². The molecular weight excluding hydrogens is 264 g/mol. The molecule has 1 amide bonds. The average Bonchev–Trinajstić information content (AvgIpc) is 2.43. The molecule has 0 radical (unpaired) electrons. The highest BCUT2D eigenvalue weighted by Gasteiger charge is 2.09. The smallest absolute Gasteiger partial charge is 0.243 e. The third kappa shape index (κ3) is 4.84. The van der Waals surface area contributed by atoms with E-state index in [1.165, 1.54) is 25.3 Å². The van der Waals surface area contributed by atoms with Gasteiger partial charge in [0.1, 0.15) is 0 Å². The van der Waals surface area contributed by atoms with E-state index in [2.05, 4.69) is 10.0 Å². The highest BCUT2D eigenvalue weighted by Crippen LogP contribution is 2.11. The predicted octanol–water partition coefficient (Wildman–Crippen LogP) is 1.13. The van der Waals surface area contributed by atoms with Crippen molar-refractivity contribution in [3.63, 3.8) is 0 Å². The predicted molar refractivity (Wildman–Crippen MR) is 75.0 cm³/mol. The second-order valence-corrected chi connectivity index (χ2v) is 5.79. The minimum Gasteiger partial charge on any atom is -0.353 e. The van der Waals surface area contributed by atoms with Crippen molar-refractivity contribution in [2.75, 3.05) is 13.6 Å². The zero-order valence-corrected chi connectivity index (χ0v) is 11.8. The fourth-order valence-corrected chi connectivity index (χ4v) is 2.09. The van der Waals surface area contributed by atoms with Crippen molar-refractivity contribution in [2.45, 2.75) is 18.2 Å². The number of hydrogen-bond donors (Lipinski definition) is 2. The first kappa shape index (κ1) is 15.4. The van der Waals surface area contributed by atoms with Crippen LogP contribution in [-0.4, -0.2) is 27.9 Å². The van der Waals surface area contributed by atoms with E-state index in [-0.39, 0.29) is 10.8 Å². The normalized spacial score (nSPS) is 11.7. The van der Waals surface area contributed by atoms with Crippen LogP contribution in [0.15, 0.2) is 35.2 Å². The highest BCUT2D eigenvalue weighted by molar-refractivity contribution is 7.89. The van der Waals surface area contributed by atoms with E-state index in [4.69, 9.17) is 0 Å². The van der Waals surface area contributed by atoms with Crippen LogP contribution in [-0.2, 0) is 14.8 Å². The summed E-state index contributed by atoms with van der Waals surface area (Å²) in [5, 5.41) is 2.72. The van der Waals surface area contributed by atoms with Crippen molar-refractivity contribution < 1.29 is 13.2 Å². The molecule has 6 heteroatoms. The minimum atomic E-state index is -3.41. The largest absolute Gasteiger partial charge is 0.353 e. The van der Waals surface area contributed by atoms with E-state index < -0.39 is 10.0 Å². The fraction of sp³-hybridized carbons (Fsp3) is 0.308. The molecule has 0 heterocycles. The van der Waals surface area contributed by atoms with Gasteiger partial charge in [-0.15, -0.1) is 0 Å². The van der Waals surface area contributed by atoms with Crippen molar-refractivity contribution in [3.8, 4) is 0 Å². The molecular formula is C13H18N2O3S. The Bertz CT molecular complexity index is 548. The van der Waals surface area contributed by atoms with E-state index in [9.17, 15) is 13.2 Å². The van der Waals surface area contributed by atoms with Gasteiger partial charge in [0, 0.05) is 12.6 Å². The molecule has 0 unspecified atom stereocenters. The van der Waals surface area contributed by atoms with E-state index in [0.29, 0.717) is 6.54 Å². The zero-order valence-electron chi connectivity index (χ0n) is 11.0. The molecule has 0 bridgehead atoms. The quantitative estimate of drug-likeness (QED) is 0.768. The lowest BCUT2D eigenvalue weighted by molar-refractivity contribution is -0.116. The zero-order chi connectivity index (χ0) is 14.3. The Hall–Kier alpha value is -1.66. The molecule has 0 spiro atoms. The van der Waals surface area contributed by atoms with Gasteiger partial charge in [-0.05, 0) is 37.2 Å². The lowest BCUT2D eigenvalue weighted by atomic mass is 10.2. The Morgan fingerprint density at radius 3 is 2.42 bits per heavy atom. The van der Waals surface area contributed by atoms with Gasteiger partial charge in [-0.1, -0.05) is 19.1 Å². The van der Waals surface area contributed by atoms with Gasteiger partial charge in [0.05, 0.1) is 4.90 Å². The number of nitrogens with one attached hydrogen (secondary N) is 2.